The molecule has 2 heterocycles. The van der Waals surface area contributed by atoms with E-state index in [4.69, 9.17) is 38.4 Å². The van der Waals surface area contributed by atoms with E-state index in [2.05, 4.69) is 24.6 Å². The van der Waals surface area contributed by atoms with Crippen LogP contribution < -0.4 is 0 Å². The number of cyclic esters (lactones) is 2. The smallest absolute Gasteiger partial charge is 0.451 e. The Morgan fingerprint density at radius 2 is 1.48 bits per heavy atom. The van der Waals surface area contributed by atoms with E-state index in [1.54, 1.807) is 13.8 Å². The van der Waals surface area contributed by atoms with Crippen molar-refractivity contribution in [3.8, 4) is 0 Å². The molecule has 190 valence electrons. The molecule has 2 saturated heterocycles. The Bertz CT molecular complexity index is 725. The molecule has 4 unspecified atom stereocenters. The van der Waals surface area contributed by atoms with Crippen molar-refractivity contribution >= 4 is 6.16 Å². The van der Waals surface area contributed by atoms with Gasteiger partial charge in [0.1, 0.15) is 11.5 Å². The van der Waals surface area contributed by atoms with Gasteiger partial charge in [-0.25, -0.2) is 14.9 Å². The van der Waals surface area contributed by atoms with Crippen LogP contribution in [0.15, 0.2) is 37.2 Å². The van der Waals surface area contributed by atoms with E-state index in [-0.39, 0.29) is 24.2 Å². The van der Waals surface area contributed by atoms with Gasteiger partial charge in [-0.1, -0.05) is 13.2 Å². The largest absolute Gasteiger partial charge is 0.514 e. The predicted molar refractivity (Wildman–Crippen MR) is 119 cm³/mol. The molecule has 1 N–H and O–H groups in total. The average Bonchev–Trinajstić information content (AvgIpc) is 3.05. The number of hydrogen-bond donors (Lipinski definition) is 1. The van der Waals surface area contributed by atoms with Gasteiger partial charge in [0.05, 0.1) is 11.7 Å². The average molecular weight is 475 g/mol. The van der Waals surface area contributed by atoms with Crippen LogP contribution in [0.3, 0.4) is 0 Å². The van der Waals surface area contributed by atoms with E-state index in [0.29, 0.717) is 12.2 Å². The Balaban J connectivity index is 0.000000331. The van der Waals surface area contributed by atoms with Crippen LogP contribution in [-0.4, -0.2) is 54.0 Å². The first-order chi connectivity index (χ1) is 15.0. The highest BCUT2D eigenvalue weighted by Crippen LogP contribution is 2.38. The van der Waals surface area contributed by atoms with Crippen LogP contribution in [0.5, 0.6) is 0 Å². The van der Waals surface area contributed by atoms with Crippen LogP contribution in [0.4, 0.5) is 4.79 Å². The molecule has 0 amide bonds. The maximum absolute atomic E-state index is 11.0. The molecular weight excluding hydrogens is 436 g/mol. The molecule has 0 saturated carbocycles. The molecule has 10 nitrogen and oxygen atoms in total. The van der Waals surface area contributed by atoms with Crippen LogP contribution in [0.1, 0.15) is 61.3 Å². The predicted octanol–water partition coefficient (Wildman–Crippen LogP) is 5.01. The van der Waals surface area contributed by atoms with Gasteiger partial charge >= 0.3 is 6.16 Å². The maximum atomic E-state index is 11.0. The minimum absolute atomic E-state index is 0.0276. The summed E-state index contributed by atoms with van der Waals surface area (Å²) in [5.41, 5.74) is -2.13. The molecule has 0 spiro atoms. The first-order valence-electron chi connectivity index (χ1n) is 10.5. The van der Waals surface area contributed by atoms with Gasteiger partial charge in [0.15, 0.2) is 23.8 Å². The highest BCUT2D eigenvalue weighted by Gasteiger charge is 2.45. The zero-order valence-electron chi connectivity index (χ0n) is 20.9. The molecule has 4 atom stereocenters. The molecule has 0 radical (unpaired) electrons. The quantitative estimate of drug-likeness (QED) is 0.212. The third-order valence-corrected chi connectivity index (χ3v) is 4.67. The van der Waals surface area contributed by atoms with Crippen LogP contribution in [0, 0.1) is 0 Å². The van der Waals surface area contributed by atoms with Crippen LogP contribution in [-0.2, 0) is 38.0 Å². The number of rotatable bonds is 9. The van der Waals surface area contributed by atoms with E-state index in [9.17, 15) is 4.79 Å². The molecule has 0 aromatic heterocycles. The van der Waals surface area contributed by atoms with Crippen molar-refractivity contribution in [1.29, 1.82) is 0 Å². The standard InChI is InChI=1S/C12H20O5.C11H18O5/c1-8-12(6,15-9(2)14-8)7-10(17-13)16-11(3,4)5;1-7(2)14-9(13-5)6-11(4)8(3)15-10(12)16-11/h10,13H,1-2,7H2,3-6H3;7,9H,3,6H2,1-2,4-5H3. The van der Waals surface area contributed by atoms with Gasteiger partial charge in [-0.15, -0.1) is 0 Å². The number of carbonyl (C=O) groups is 1. The fraction of sp³-hybridized carbons (Fsp3) is 0.696. The van der Waals surface area contributed by atoms with Crippen LogP contribution in [0.2, 0.25) is 0 Å². The summed E-state index contributed by atoms with van der Waals surface area (Å²) >= 11 is 0. The van der Waals surface area contributed by atoms with Gasteiger partial charge in [0, 0.05) is 20.0 Å². The van der Waals surface area contributed by atoms with Gasteiger partial charge in [-0.3, -0.25) is 0 Å². The Kier molecular flexibility index (Phi) is 9.94. The molecule has 2 aliphatic rings. The molecule has 0 aromatic carbocycles. The summed E-state index contributed by atoms with van der Waals surface area (Å²) in [6.45, 7) is 23.8. The minimum Gasteiger partial charge on any atom is -0.451 e. The lowest BCUT2D eigenvalue weighted by Gasteiger charge is -2.30. The van der Waals surface area contributed by atoms with Crippen molar-refractivity contribution in [1.82, 2.24) is 0 Å². The number of ether oxygens (including phenoxy) is 7. The van der Waals surface area contributed by atoms with Gasteiger partial charge in [0.25, 0.3) is 5.95 Å². The number of hydrogen-bond acceptors (Lipinski definition) is 10. The monoisotopic (exact) mass is 474 g/mol. The molecule has 0 aromatic rings. The first-order valence-corrected chi connectivity index (χ1v) is 10.5. The summed E-state index contributed by atoms with van der Waals surface area (Å²) in [5, 5.41) is 8.84. The van der Waals surface area contributed by atoms with Crippen molar-refractivity contribution in [2.45, 2.75) is 96.8 Å². The summed E-state index contributed by atoms with van der Waals surface area (Å²) < 4.78 is 36.6. The minimum atomic E-state index is -0.882. The third kappa shape index (κ3) is 8.98. The molecule has 2 rings (SSSR count). The molecule has 0 aliphatic carbocycles. The van der Waals surface area contributed by atoms with Crippen molar-refractivity contribution in [2.24, 2.45) is 0 Å². The molecule has 2 fully saturated rings. The van der Waals surface area contributed by atoms with E-state index in [1.165, 1.54) is 7.11 Å². The summed E-state index contributed by atoms with van der Waals surface area (Å²) in [4.78, 5) is 15.3. The number of methoxy groups -OCH3 is 1. The number of carbonyl (C=O) groups excluding carboxylic acids is 1. The summed E-state index contributed by atoms with van der Waals surface area (Å²) in [7, 11) is 1.54. The second-order valence-electron chi connectivity index (χ2n) is 9.36. The van der Waals surface area contributed by atoms with Gasteiger partial charge < -0.3 is 33.2 Å². The van der Waals surface area contributed by atoms with Crippen molar-refractivity contribution < 1.29 is 48.1 Å². The molecular formula is C23H38O10. The normalized spacial score (nSPS) is 26.7. The second kappa shape index (κ2) is 11.3. The highest BCUT2D eigenvalue weighted by molar-refractivity contribution is 5.66. The summed E-state index contributed by atoms with van der Waals surface area (Å²) in [6, 6.07) is 0. The summed E-state index contributed by atoms with van der Waals surface area (Å²) in [5.74, 6) is 0.888. The molecule has 0 bridgehead atoms. The molecule has 2 aliphatic heterocycles. The van der Waals surface area contributed by atoms with Gasteiger partial charge in [0.2, 0.25) is 0 Å². The Morgan fingerprint density at radius 3 is 1.85 bits per heavy atom. The van der Waals surface area contributed by atoms with Crippen molar-refractivity contribution in [2.75, 3.05) is 7.11 Å². The third-order valence-electron chi connectivity index (χ3n) is 4.67. The van der Waals surface area contributed by atoms with Crippen molar-refractivity contribution in [3.05, 3.63) is 37.2 Å². The van der Waals surface area contributed by atoms with Crippen LogP contribution in [0.25, 0.3) is 0 Å². The second-order valence-corrected chi connectivity index (χ2v) is 9.36. The van der Waals surface area contributed by atoms with Gasteiger partial charge in [-0.05, 0) is 55.0 Å². The Morgan fingerprint density at radius 1 is 0.970 bits per heavy atom. The lowest BCUT2D eigenvalue weighted by Crippen LogP contribution is -2.37. The maximum Gasteiger partial charge on any atom is 0.514 e. The first kappa shape index (κ1) is 28.9. The van der Waals surface area contributed by atoms with E-state index in [0.717, 1.165) is 0 Å². The van der Waals surface area contributed by atoms with Gasteiger partial charge in [-0.2, -0.15) is 0 Å². The van der Waals surface area contributed by atoms with E-state index < -0.39 is 35.5 Å². The molecule has 10 heteroatoms. The lowest BCUT2D eigenvalue weighted by molar-refractivity contribution is -0.368. The van der Waals surface area contributed by atoms with E-state index >= 15 is 0 Å². The van der Waals surface area contributed by atoms with Crippen LogP contribution >= 0.6 is 0 Å². The SMILES string of the molecule is C=C1OC(=C)C(C)(CC(OO)OC(C)(C)C)O1.C=C1OC(=O)OC1(C)CC(OC)OC(C)C. The fourth-order valence-corrected chi connectivity index (χ4v) is 2.98. The van der Waals surface area contributed by atoms with Crippen molar-refractivity contribution in [3.63, 3.8) is 0 Å². The lowest BCUT2D eigenvalue weighted by atomic mass is 10.00. The Labute approximate surface area is 195 Å². The molecule has 33 heavy (non-hydrogen) atoms. The van der Waals surface area contributed by atoms with E-state index in [1.807, 2.05) is 34.6 Å². The fourth-order valence-electron chi connectivity index (χ4n) is 2.98. The highest BCUT2D eigenvalue weighted by atomic mass is 17.1. The zero-order chi connectivity index (χ0) is 25.6. The Hall–Kier alpha value is -2.11. The summed E-state index contributed by atoms with van der Waals surface area (Å²) in [6.07, 6.45) is -1.39. The topological polar surface area (TPSA) is 111 Å². The zero-order valence-corrected chi connectivity index (χ0v) is 20.9.